The Kier molecular flexibility index (Phi) is 15.3. The average molecular weight is 846 g/mol. The highest BCUT2D eigenvalue weighted by molar-refractivity contribution is 7.99. The third kappa shape index (κ3) is 12.1. The van der Waals surface area contributed by atoms with Crippen LogP contribution in [0.2, 0.25) is 5.02 Å². The molecule has 0 unspecified atom stereocenters. The Bertz CT molecular complexity index is 2140. The van der Waals surface area contributed by atoms with Crippen LogP contribution >= 0.6 is 23.4 Å². The minimum Gasteiger partial charge on any atom is -0.376 e. The van der Waals surface area contributed by atoms with E-state index in [1.165, 1.54) is 54.5 Å². The van der Waals surface area contributed by atoms with E-state index in [9.17, 15) is 23.3 Å². The molecule has 1 atom stereocenters. The van der Waals surface area contributed by atoms with E-state index in [2.05, 4.69) is 32.0 Å². The van der Waals surface area contributed by atoms with Crippen LogP contribution in [0.3, 0.4) is 0 Å². The van der Waals surface area contributed by atoms with Gasteiger partial charge in [0.2, 0.25) is 0 Å². The molecule has 1 saturated heterocycles. The first-order valence-electron chi connectivity index (χ1n) is 19.9. The molecule has 1 amide bonds. The Morgan fingerprint density at radius 2 is 1.59 bits per heavy atom. The molecule has 308 valence electrons. The summed E-state index contributed by atoms with van der Waals surface area (Å²) in [6.07, 6.45) is 7.87. The van der Waals surface area contributed by atoms with Crippen LogP contribution in [-0.4, -0.2) is 94.2 Å². The molecule has 11 nitrogen and oxygen atoms in total. The lowest BCUT2D eigenvalue weighted by atomic mass is 9.88. The Hall–Kier alpha value is -4.40. The van der Waals surface area contributed by atoms with Gasteiger partial charge in [0.25, 0.3) is 21.6 Å². The molecular weight excluding hydrogens is 792 g/mol. The van der Waals surface area contributed by atoms with Crippen LogP contribution in [0.15, 0.2) is 112 Å². The fraction of sp³-hybridized carbons (Fsp3) is 0.386. The Morgan fingerprint density at radius 3 is 2.26 bits per heavy atom. The van der Waals surface area contributed by atoms with Crippen molar-refractivity contribution in [1.82, 2.24) is 14.5 Å². The average Bonchev–Trinajstić information content (AvgIpc) is 3.21. The number of amides is 1. The summed E-state index contributed by atoms with van der Waals surface area (Å²) in [5.41, 5.74) is 5.22. The van der Waals surface area contributed by atoms with Gasteiger partial charge in [0.15, 0.2) is 0 Å². The van der Waals surface area contributed by atoms with Crippen molar-refractivity contribution in [2.24, 2.45) is 0 Å². The van der Waals surface area contributed by atoms with Crippen LogP contribution < -0.4 is 14.9 Å². The Labute approximate surface area is 352 Å². The van der Waals surface area contributed by atoms with Crippen LogP contribution in [0.1, 0.15) is 60.9 Å². The minimum absolute atomic E-state index is 0.136. The number of thioether (sulfide) groups is 1. The Morgan fingerprint density at radius 1 is 0.897 bits per heavy atom. The molecule has 1 aliphatic heterocycles. The van der Waals surface area contributed by atoms with Crippen molar-refractivity contribution in [3.8, 4) is 0 Å². The highest BCUT2D eigenvalue weighted by atomic mass is 35.5. The van der Waals surface area contributed by atoms with Crippen molar-refractivity contribution in [3.63, 3.8) is 0 Å². The molecule has 58 heavy (non-hydrogen) atoms. The van der Waals surface area contributed by atoms with Crippen LogP contribution in [0.25, 0.3) is 5.57 Å². The largest absolute Gasteiger partial charge is 0.376 e. The van der Waals surface area contributed by atoms with Gasteiger partial charge in [-0.25, -0.2) is 13.1 Å². The summed E-state index contributed by atoms with van der Waals surface area (Å²) in [6, 6.07) is 28.6. The van der Waals surface area contributed by atoms with Gasteiger partial charge in [-0.1, -0.05) is 60.3 Å². The Balaban J connectivity index is 1.06. The van der Waals surface area contributed by atoms with E-state index in [0.717, 1.165) is 73.8 Å². The second-order valence-corrected chi connectivity index (χ2v) is 18.5. The number of anilines is 2. The molecule has 4 aromatic carbocycles. The van der Waals surface area contributed by atoms with Gasteiger partial charge in [-0.3, -0.25) is 19.8 Å². The molecule has 4 aromatic rings. The number of hydrogen-bond donors (Lipinski definition) is 2. The van der Waals surface area contributed by atoms with Gasteiger partial charge < -0.3 is 15.1 Å². The zero-order chi connectivity index (χ0) is 41.1. The molecule has 1 aliphatic carbocycles. The predicted octanol–water partition coefficient (Wildman–Crippen LogP) is 8.82. The number of sulfonamides is 1. The summed E-state index contributed by atoms with van der Waals surface area (Å²) in [7, 11) is -0.495. The quantitative estimate of drug-likeness (QED) is 0.0642. The first-order chi connectivity index (χ1) is 27.9. The number of benzene rings is 4. The van der Waals surface area contributed by atoms with Crippen LogP contribution in [-0.2, 0) is 10.0 Å². The fourth-order valence-electron chi connectivity index (χ4n) is 7.49. The van der Waals surface area contributed by atoms with Crippen LogP contribution in [0.5, 0.6) is 0 Å². The van der Waals surface area contributed by atoms with E-state index >= 15 is 0 Å². The number of nitro groups is 1. The number of hydrogen-bond acceptors (Lipinski definition) is 10. The number of nitrogens with zero attached hydrogens (tertiary/aromatic N) is 4. The van der Waals surface area contributed by atoms with E-state index < -0.39 is 20.9 Å². The summed E-state index contributed by atoms with van der Waals surface area (Å²) in [6.45, 7) is 5.17. The molecule has 2 N–H and O–H groups in total. The number of allylic oxidation sites excluding steroid dienone is 1. The molecule has 0 saturated carbocycles. The lowest BCUT2D eigenvalue weighted by Gasteiger charge is -2.37. The van der Waals surface area contributed by atoms with Crippen LogP contribution in [0, 0.1) is 10.1 Å². The van der Waals surface area contributed by atoms with Gasteiger partial charge in [0, 0.05) is 71.8 Å². The molecule has 1 fully saturated rings. The number of rotatable bonds is 16. The summed E-state index contributed by atoms with van der Waals surface area (Å²) in [5, 5.41) is 16.2. The van der Waals surface area contributed by atoms with E-state index in [1.807, 2.05) is 73.6 Å². The molecule has 0 aromatic heterocycles. The summed E-state index contributed by atoms with van der Waals surface area (Å²) in [5.74, 6) is -0.169. The molecule has 14 heteroatoms. The number of nitro benzene ring substituents is 1. The molecule has 6 rings (SSSR count). The normalized spacial score (nSPS) is 16.1. The first-order valence-corrected chi connectivity index (χ1v) is 22.8. The maximum absolute atomic E-state index is 13.4. The van der Waals surface area contributed by atoms with E-state index in [4.69, 9.17) is 11.6 Å². The van der Waals surface area contributed by atoms with Gasteiger partial charge in [-0.05, 0) is 125 Å². The summed E-state index contributed by atoms with van der Waals surface area (Å²) >= 11 is 7.84. The zero-order valence-electron chi connectivity index (χ0n) is 33.2. The molecule has 0 bridgehead atoms. The highest BCUT2D eigenvalue weighted by Crippen LogP contribution is 2.33. The first kappa shape index (κ1) is 43.2. The maximum Gasteiger partial charge on any atom is 0.293 e. The summed E-state index contributed by atoms with van der Waals surface area (Å²) in [4.78, 5) is 32.4. The van der Waals surface area contributed by atoms with Gasteiger partial charge in [0.1, 0.15) is 5.69 Å². The van der Waals surface area contributed by atoms with E-state index in [-0.39, 0.29) is 27.9 Å². The number of nitrogens with one attached hydrogen (secondary N) is 2. The minimum atomic E-state index is -4.42. The van der Waals surface area contributed by atoms with Crippen molar-refractivity contribution in [2.45, 2.75) is 60.8 Å². The standard InChI is InChI=1S/C44H53ClN6O5S2/c1-48(2)25-24-37(32-57-39-11-7-5-8-12-39)46-42-23-22-40(30-43(42)51(53)54)58(55,56)47-44(52)34-16-20-38(21-17-34)50-28-26-49(27-29-50)31-35-10-6-3-4-9-13-41(35)33-14-18-36(45)19-15-33/h5,7-8,11-12,14-23,30,37,46H,3-4,6,9-10,13,24-29,31-32H2,1-2H3,(H,47,52)/t37-/m1/s1. The molecule has 0 spiro atoms. The third-order valence-corrected chi connectivity index (χ3v) is 13.5. The molecule has 1 heterocycles. The molecule has 2 aliphatic rings. The van der Waals surface area contributed by atoms with Crippen molar-refractivity contribution >= 4 is 61.9 Å². The highest BCUT2D eigenvalue weighted by Gasteiger charge is 2.26. The summed E-state index contributed by atoms with van der Waals surface area (Å²) < 4.78 is 28.9. The van der Waals surface area contributed by atoms with Gasteiger partial charge in [-0.15, -0.1) is 11.8 Å². The smallest absolute Gasteiger partial charge is 0.293 e. The maximum atomic E-state index is 13.4. The number of halogens is 1. The monoisotopic (exact) mass is 844 g/mol. The third-order valence-electron chi connectivity index (χ3n) is 10.7. The topological polar surface area (TPSA) is 128 Å². The fourth-order valence-corrected chi connectivity index (χ4v) is 9.60. The molecular formula is C44H53ClN6O5S2. The second-order valence-electron chi connectivity index (χ2n) is 15.2. The molecule has 0 radical (unpaired) electrons. The van der Waals surface area contributed by atoms with Crippen molar-refractivity contribution < 1.29 is 18.1 Å². The van der Waals surface area contributed by atoms with E-state index in [1.54, 1.807) is 23.9 Å². The number of piperazine rings is 1. The van der Waals surface area contributed by atoms with Gasteiger partial charge >= 0.3 is 0 Å². The van der Waals surface area contributed by atoms with Gasteiger partial charge in [0.05, 0.1) is 9.82 Å². The van der Waals surface area contributed by atoms with Crippen LogP contribution in [0.4, 0.5) is 17.1 Å². The lowest BCUT2D eigenvalue weighted by molar-refractivity contribution is -0.384. The number of carbonyl (C=O) groups excluding carboxylic acids is 1. The number of carbonyl (C=O) groups is 1. The zero-order valence-corrected chi connectivity index (χ0v) is 35.6. The van der Waals surface area contributed by atoms with Crippen molar-refractivity contribution in [1.29, 1.82) is 0 Å². The van der Waals surface area contributed by atoms with Crippen molar-refractivity contribution in [3.05, 3.63) is 129 Å². The van der Waals surface area contributed by atoms with E-state index in [0.29, 0.717) is 12.2 Å². The lowest BCUT2D eigenvalue weighted by Crippen LogP contribution is -2.47. The van der Waals surface area contributed by atoms with Crippen molar-refractivity contribution in [2.75, 3.05) is 69.3 Å². The SMILES string of the molecule is CN(C)CC[C@H](CSc1ccccc1)Nc1ccc(S(=O)(=O)NC(=O)c2ccc(N3CCN(CC4=C(c5ccc(Cl)cc5)CCCCCC4)CC3)cc2)cc1[N+](=O)[O-]. The van der Waals surface area contributed by atoms with Gasteiger partial charge in [-0.2, -0.15) is 0 Å². The second kappa shape index (κ2) is 20.5. The predicted molar refractivity (Wildman–Crippen MR) is 237 cm³/mol.